The van der Waals surface area contributed by atoms with Gasteiger partial charge in [0.1, 0.15) is 0 Å². The highest BCUT2D eigenvalue weighted by molar-refractivity contribution is 5.34. The monoisotopic (exact) mass is 176 g/mol. The van der Waals surface area contributed by atoms with Gasteiger partial charge in [-0.05, 0) is 20.0 Å². The van der Waals surface area contributed by atoms with E-state index in [1.54, 1.807) is 6.20 Å². The van der Waals surface area contributed by atoms with E-state index in [1.165, 1.54) is 5.69 Å². The molecule has 2 aromatic rings. The largest absolute Gasteiger partial charge is 0.314 e. The van der Waals surface area contributed by atoms with Crippen LogP contribution in [0, 0.1) is 6.92 Å². The number of imidazole rings is 1. The number of rotatable bonds is 2. The number of aryl methyl sites for hydroxylation is 1. The van der Waals surface area contributed by atoms with E-state index in [4.69, 9.17) is 0 Å². The quantitative estimate of drug-likeness (QED) is 0.734. The molecule has 0 radical (unpaired) electrons. The maximum absolute atomic E-state index is 4.34. The van der Waals surface area contributed by atoms with Crippen LogP contribution in [0.4, 0.5) is 0 Å². The van der Waals surface area contributed by atoms with Gasteiger partial charge in [0.25, 0.3) is 0 Å². The van der Waals surface area contributed by atoms with Gasteiger partial charge in [-0.2, -0.15) is 0 Å². The molecule has 0 bridgehead atoms. The summed E-state index contributed by atoms with van der Waals surface area (Å²) in [6.07, 6.45) is 3.74. The summed E-state index contributed by atoms with van der Waals surface area (Å²) in [6, 6.07) is 1.91. The van der Waals surface area contributed by atoms with Gasteiger partial charge in [-0.1, -0.05) is 0 Å². The van der Waals surface area contributed by atoms with Gasteiger partial charge in [0, 0.05) is 18.9 Å². The second-order valence-corrected chi connectivity index (χ2v) is 2.96. The first-order valence-corrected chi connectivity index (χ1v) is 4.26. The van der Waals surface area contributed by atoms with Gasteiger partial charge in [-0.25, -0.2) is 9.97 Å². The summed E-state index contributed by atoms with van der Waals surface area (Å²) in [6.45, 7) is 2.82. The fourth-order valence-corrected chi connectivity index (χ4v) is 1.43. The minimum absolute atomic E-state index is 0.769. The maximum Gasteiger partial charge on any atom is 0.234 e. The summed E-state index contributed by atoms with van der Waals surface area (Å²) < 4.78 is 2.01. The highest BCUT2D eigenvalue weighted by Gasteiger charge is 2.06. The van der Waals surface area contributed by atoms with Crippen LogP contribution < -0.4 is 5.32 Å². The standard InChI is InChI=1S/C9H12N4/c1-7-8(6-10-2)13-5-3-4-11-9(13)12-7/h3-5,10H,6H2,1-2H3. The van der Waals surface area contributed by atoms with E-state index < -0.39 is 0 Å². The predicted octanol–water partition coefficient (Wildman–Crippen LogP) is 0.757. The zero-order valence-electron chi connectivity index (χ0n) is 7.78. The molecule has 2 heterocycles. The Kier molecular flexibility index (Phi) is 1.98. The lowest BCUT2D eigenvalue weighted by Crippen LogP contribution is -2.08. The number of aromatic nitrogens is 3. The van der Waals surface area contributed by atoms with Gasteiger partial charge in [-0.15, -0.1) is 0 Å². The van der Waals surface area contributed by atoms with Crippen molar-refractivity contribution in [3.63, 3.8) is 0 Å². The zero-order chi connectivity index (χ0) is 9.26. The number of fused-ring (bicyclic) bond motifs is 1. The number of nitrogens with zero attached hydrogens (tertiary/aromatic N) is 3. The molecule has 0 atom stereocenters. The van der Waals surface area contributed by atoms with Crippen molar-refractivity contribution in [2.24, 2.45) is 0 Å². The summed E-state index contributed by atoms with van der Waals surface area (Å²) in [5.41, 5.74) is 2.21. The molecule has 0 aliphatic rings. The van der Waals surface area contributed by atoms with Crippen molar-refractivity contribution in [3.8, 4) is 0 Å². The Hall–Kier alpha value is -1.42. The van der Waals surface area contributed by atoms with Crippen molar-refractivity contribution in [3.05, 3.63) is 29.8 Å². The first kappa shape index (κ1) is 8.19. The van der Waals surface area contributed by atoms with Crippen LogP contribution in [0.15, 0.2) is 18.5 Å². The third kappa shape index (κ3) is 1.29. The fraction of sp³-hybridized carbons (Fsp3) is 0.333. The molecule has 4 heteroatoms. The van der Waals surface area contributed by atoms with E-state index in [0.717, 1.165) is 18.0 Å². The van der Waals surface area contributed by atoms with E-state index in [9.17, 15) is 0 Å². The molecular formula is C9H12N4. The predicted molar refractivity (Wildman–Crippen MR) is 50.5 cm³/mol. The van der Waals surface area contributed by atoms with Crippen LogP contribution >= 0.6 is 0 Å². The highest BCUT2D eigenvalue weighted by atomic mass is 15.1. The van der Waals surface area contributed by atoms with Crippen molar-refractivity contribution in [2.45, 2.75) is 13.5 Å². The van der Waals surface area contributed by atoms with Crippen LogP contribution in [0.25, 0.3) is 5.78 Å². The van der Waals surface area contributed by atoms with Crippen LogP contribution in [0.1, 0.15) is 11.4 Å². The average molecular weight is 176 g/mol. The molecule has 0 spiro atoms. The van der Waals surface area contributed by atoms with E-state index in [0.29, 0.717) is 0 Å². The molecule has 0 amide bonds. The van der Waals surface area contributed by atoms with Crippen molar-refractivity contribution < 1.29 is 0 Å². The van der Waals surface area contributed by atoms with Gasteiger partial charge in [0.15, 0.2) is 0 Å². The Labute approximate surface area is 76.6 Å². The van der Waals surface area contributed by atoms with E-state index in [2.05, 4.69) is 15.3 Å². The topological polar surface area (TPSA) is 42.2 Å². The lowest BCUT2D eigenvalue weighted by atomic mass is 10.3. The number of nitrogens with one attached hydrogen (secondary N) is 1. The van der Waals surface area contributed by atoms with Gasteiger partial charge >= 0.3 is 0 Å². The first-order valence-electron chi connectivity index (χ1n) is 4.26. The van der Waals surface area contributed by atoms with Crippen molar-refractivity contribution >= 4 is 5.78 Å². The summed E-state index contributed by atoms with van der Waals surface area (Å²) in [7, 11) is 1.93. The van der Waals surface area contributed by atoms with E-state index in [-0.39, 0.29) is 0 Å². The summed E-state index contributed by atoms with van der Waals surface area (Å²) >= 11 is 0. The average Bonchev–Trinajstić information content (AvgIpc) is 2.44. The van der Waals surface area contributed by atoms with Crippen LogP contribution in [-0.4, -0.2) is 21.4 Å². The SMILES string of the molecule is CNCc1c(C)nc2ncccn12. The molecule has 0 saturated heterocycles. The Bertz CT molecular complexity index is 418. The van der Waals surface area contributed by atoms with E-state index in [1.807, 2.05) is 30.6 Å². The Morgan fingerprint density at radius 2 is 2.38 bits per heavy atom. The van der Waals surface area contributed by atoms with Gasteiger partial charge in [0.05, 0.1) is 11.4 Å². The van der Waals surface area contributed by atoms with Crippen molar-refractivity contribution in [2.75, 3.05) is 7.05 Å². The smallest absolute Gasteiger partial charge is 0.234 e. The summed E-state index contributed by atoms with van der Waals surface area (Å²) in [4.78, 5) is 8.51. The normalized spacial score (nSPS) is 10.9. The molecule has 0 aliphatic carbocycles. The van der Waals surface area contributed by atoms with Crippen LogP contribution in [0.5, 0.6) is 0 Å². The lowest BCUT2D eigenvalue weighted by molar-refractivity contribution is 0.774. The number of hydrogen-bond acceptors (Lipinski definition) is 3. The zero-order valence-corrected chi connectivity index (χ0v) is 7.78. The second-order valence-electron chi connectivity index (χ2n) is 2.96. The molecule has 0 saturated carbocycles. The molecule has 2 rings (SSSR count). The molecule has 2 aromatic heterocycles. The minimum atomic E-state index is 0.769. The van der Waals surface area contributed by atoms with Crippen LogP contribution in [0.2, 0.25) is 0 Å². The van der Waals surface area contributed by atoms with Crippen molar-refractivity contribution in [1.82, 2.24) is 19.7 Å². The molecular weight excluding hydrogens is 164 g/mol. The minimum Gasteiger partial charge on any atom is -0.314 e. The molecule has 0 aliphatic heterocycles. The fourth-order valence-electron chi connectivity index (χ4n) is 1.43. The molecule has 0 unspecified atom stereocenters. The third-order valence-corrected chi connectivity index (χ3v) is 2.05. The number of hydrogen-bond donors (Lipinski definition) is 1. The first-order chi connectivity index (χ1) is 6.33. The highest BCUT2D eigenvalue weighted by Crippen LogP contribution is 2.08. The lowest BCUT2D eigenvalue weighted by Gasteiger charge is -1.99. The Morgan fingerprint density at radius 1 is 1.54 bits per heavy atom. The van der Waals surface area contributed by atoms with Crippen LogP contribution in [-0.2, 0) is 6.54 Å². The van der Waals surface area contributed by atoms with Gasteiger partial charge in [0.2, 0.25) is 5.78 Å². The van der Waals surface area contributed by atoms with Gasteiger partial charge < -0.3 is 5.32 Å². The molecule has 68 valence electrons. The molecule has 4 nitrogen and oxygen atoms in total. The summed E-state index contributed by atoms with van der Waals surface area (Å²) in [5, 5.41) is 3.11. The van der Waals surface area contributed by atoms with Gasteiger partial charge in [-0.3, -0.25) is 4.40 Å². The van der Waals surface area contributed by atoms with Crippen molar-refractivity contribution in [1.29, 1.82) is 0 Å². The molecule has 0 aromatic carbocycles. The summed E-state index contributed by atoms with van der Waals surface area (Å²) in [5.74, 6) is 0.769. The molecule has 0 fully saturated rings. The van der Waals surface area contributed by atoms with E-state index >= 15 is 0 Å². The Morgan fingerprint density at radius 3 is 3.15 bits per heavy atom. The maximum atomic E-state index is 4.34. The molecule has 1 N–H and O–H groups in total. The second kappa shape index (κ2) is 3.14. The van der Waals surface area contributed by atoms with Crippen LogP contribution in [0.3, 0.4) is 0 Å². The third-order valence-electron chi connectivity index (χ3n) is 2.05. The Balaban J connectivity index is 2.64. The molecule has 13 heavy (non-hydrogen) atoms.